The number of nitrogens with one attached hydrogen (secondary N) is 1. The minimum Gasteiger partial charge on any atom is -0.508 e. The van der Waals surface area contributed by atoms with Gasteiger partial charge in [0.15, 0.2) is 0 Å². The Labute approximate surface area is 119 Å². The molecule has 5 nitrogen and oxygen atoms in total. The van der Waals surface area contributed by atoms with Gasteiger partial charge in [0, 0.05) is 44.2 Å². The molecule has 5 heteroatoms. The van der Waals surface area contributed by atoms with Crippen molar-refractivity contribution >= 4 is 0 Å². The summed E-state index contributed by atoms with van der Waals surface area (Å²) >= 11 is 0. The van der Waals surface area contributed by atoms with Crippen molar-refractivity contribution in [3.63, 3.8) is 0 Å². The molecule has 0 bridgehead atoms. The summed E-state index contributed by atoms with van der Waals surface area (Å²) in [6.45, 7) is 3.62. The lowest BCUT2D eigenvalue weighted by Crippen LogP contribution is -2.45. The Kier molecular flexibility index (Phi) is 4.86. The van der Waals surface area contributed by atoms with Crippen molar-refractivity contribution in [2.75, 3.05) is 26.9 Å². The normalized spacial score (nSPS) is 19.6. The predicted molar refractivity (Wildman–Crippen MR) is 76.1 cm³/mol. The molecule has 1 fully saturated rings. The molecule has 0 amide bonds. The Hall–Kier alpha value is -1.30. The number of methoxy groups -OCH3 is 1. The molecule has 1 aliphatic heterocycles. The van der Waals surface area contributed by atoms with E-state index < -0.39 is 5.60 Å². The van der Waals surface area contributed by atoms with E-state index in [1.165, 1.54) is 0 Å². The van der Waals surface area contributed by atoms with E-state index in [0.29, 0.717) is 38.3 Å². The van der Waals surface area contributed by atoms with E-state index >= 15 is 0 Å². The van der Waals surface area contributed by atoms with Gasteiger partial charge < -0.3 is 25.0 Å². The smallest absolute Gasteiger partial charge is 0.120 e. The van der Waals surface area contributed by atoms with Gasteiger partial charge >= 0.3 is 0 Å². The van der Waals surface area contributed by atoms with Gasteiger partial charge in [-0.25, -0.2) is 0 Å². The van der Waals surface area contributed by atoms with E-state index in [9.17, 15) is 10.2 Å². The minimum atomic E-state index is -0.721. The first kappa shape index (κ1) is 15.1. The Morgan fingerprint density at radius 1 is 1.40 bits per heavy atom. The lowest BCUT2D eigenvalue weighted by molar-refractivity contribution is -0.0626. The van der Waals surface area contributed by atoms with Crippen LogP contribution in [0.25, 0.3) is 0 Å². The van der Waals surface area contributed by atoms with Crippen LogP contribution in [0.2, 0.25) is 0 Å². The van der Waals surface area contributed by atoms with Crippen molar-refractivity contribution < 1.29 is 19.7 Å². The highest BCUT2D eigenvalue weighted by atomic mass is 16.5. The number of rotatable bonds is 5. The first-order valence-electron chi connectivity index (χ1n) is 6.94. The molecule has 1 aliphatic rings. The van der Waals surface area contributed by atoms with E-state index in [4.69, 9.17) is 9.47 Å². The molecule has 112 valence electrons. The number of phenolic OH excluding ortho intramolecular Hbond substituents is 1. The van der Waals surface area contributed by atoms with Gasteiger partial charge in [0.2, 0.25) is 0 Å². The second kappa shape index (κ2) is 6.43. The third kappa shape index (κ3) is 3.62. The van der Waals surface area contributed by atoms with E-state index in [1.807, 2.05) is 6.92 Å². The second-order valence-corrected chi connectivity index (χ2v) is 5.36. The fraction of sp³-hybridized carbons (Fsp3) is 0.600. The van der Waals surface area contributed by atoms with Crippen molar-refractivity contribution in [1.29, 1.82) is 0 Å². The molecule has 0 saturated carbocycles. The molecule has 0 spiro atoms. The van der Waals surface area contributed by atoms with Crippen LogP contribution in [0.5, 0.6) is 11.5 Å². The number of aliphatic hydroxyl groups is 1. The first-order chi connectivity index (χ1) is 9.54. The molecule has 1 saturated heterocycles. The molecule has 0 radical (unpaired) electrons. The van der Waals surface area contributed by atoms with E-state index in [0.717, 1.165) is 5.56 Å². The van der Waals surface area contributed by atoms with Gasteiger partial charge in [-0.15, -0.1) is 0 Å². The zero-order valence-corrected chi connectivity index (χ0v) is 12.1. The quantitative estimate of drug-likeness (QED) is 0.764. The van der Waals surface area contributed by atoms with Gasteiger partial charge in [-0.05, 0) is 25.1 Å². The van der Waals surface area contributed by atoms with Crippen LogP contribution in [0.15, 0.2) is 18.2 Å². The number of benzene rings is 1. The molecular weight excluding hydrogens is 258 g/mol. The first-order valence-corrected chi connectivity index (χ1v) is 6.94. The molecule has 2 rings (SSSR count). The van der Waals surface area contributed by atoms with Crippen LogP contribution in [-0.4, -0.2) is 42.7 Å². The lowest BCUT2D eigenvalue weighted by atomic mass is 9.93. The van der Waals surface area contributed by atoms with Gasteiger partial charge in [-0.1, -0.05) is 0 Å². The zero-order chi connectivity index (χ0) is 14.6. The fourth-order valence-electron chi connectivity index (χ4n) is 2.39. The average molecular weight is 281 g/mol. The van der Waals surface area contributed by atoms with Crippen LogP contribution in [0.3, 0.4) is 0 Å². The summed E-state index contributed by atoms with van der Waals surface area (Å²) in [4.78, 5) is 0. The third-order valence-corrected chi connectivity index (χ3v) is 3.86. The molecule has 1 aromatic rings. The average Bonchev–Trinajstić information content (AvgIpc) is 2.46. The van der Waals surface area contributed by atoms with Crippen molar-refractivity contribution in [1.82, 2.24) is 5.32 Å². The van der Waals surface area contributed by atoms with Gasteiger partial charge in [-0.2, -0.15) is 0 Å². The van der Waals surface area contributed by atoms with Gasteiger partial charge in [-0.3, -0.25) is 0 Å². The minimum absolute atomic E-state index is 0.0723. The van der Waals surface area contributed by atoms with Crippen LogP contribution >= 0.6 is 0 Å². The number of aromatic hydroxyl groups is 1. The Balaban J connectivity index is 1.99. The largest absolute Gasteiger partial charge is 0.508 e. The lowest BCUT2D eigenvalue weighted by Gasteiger charge is -2.33. The van der Waals surface area contributed by atoms with Crippen molar-refractivity contribution in [3.05, 3.63) is 23.8 Å². The van der Waals surface area contributed by atoms with Crippen molar-refractivity contribution in [2.45, 2.75) is 31.4 Å². The van der Waals surface area contributed by atoms with Gasteiger partial charge in [0.05, 0.1) is 12.7 Å². The van der Waals surface area contributed by atoms with E-state index in [-0.39, 0.29) is 11.8 Å². The molecule has 0 aromatic heterocycles. The van der Waals surface area contributed by atoms with Crippen LogP contribution in [0, 0.1) is 0 Å². The van der Waals surface area contributed by atoms with Crippen LogP contribution in [-0.2, 0) is 4.74 Å². The summed E-state index contributed by atoms with van der Waals surface area (Å²) in [5.41, 5.74) is 0.0427. The number of phenols is 1. The van der Waals surface area contributed by atoms with Crippen LogP contribution in [0.4, 0.5) is 0 Å². The SMILES string of the molecule is COc1ccc(O)c(C(C)NCC2(O)CCOCC2)c1. The zero-order valence-electron chi connectivity index (χ0n) is 12.1. The second-order valence-electron chi connectivity index (χ2n) is 5.36. The summed E-state index contributed by atoms with van der Waals surface area (Å²) in [5.74, 6) is 0.931. The maximum atomic E-state index is 10.4. The summed E-state index contributed by atoms with van der Waals surface area (Å²) in [6, 6.07) is 5.07. The summed E-state index contributed by atoms with van der Waals surface area (Å²) in [6.07, 6.45) is 1.27. The maximum Gasteiger partial charge on any atom is 0.120 e. The summed E-state index contributed by atoms with van der Waals surface area (Å²) < 4.78 is 10.4. The van der Waals surface area contributed by atoms with Crippen LogP contribution in [0.1, 0.15) is 31.4 Å². The summed E-state index contributed by atoms with van der Waals surface area (Å²) in [7, 11) is 1.60. The Morgan fingerprint density at radius 2 is 2.10 bits per heavy atom. The van der Waals surface area contributed by atoms with E-state index in [1.54, 1.807) is 25.3 Å². The van der Waals surface area contributed by atoms with Gasteiger partial charge in [0.25, 0.3) is 0 Å². The van der Waals surface area contributed by atoms with Crippen LogP contribution < -0.4 is 10.1 Å². The monoisotopic (exact) mass is 281 g/mol. The van der Waals surface area contributed by atoms with Gasteiger partial charge in [0.1, 0.15) is 11.5 Å². The van der Waals surface area contributed by atoms with E-state index in [2.05, 4.69) is 5.32 Å². The topological polar surface area (TPSA) is 71.0 Å². The molecular formula is C15H23NO4. The number of hydrogen-bond donors (Lipinski definition) is 3. The highest BCUT2D eigenvalue weighted by Gasteiger charge is 2.30. The molecule has 1 aromatic carbocycles. The molecule has 1 unspecified atom stereocenters. The Morgan fingerprint density at radius 3 is 2.75 bits per heavy atom. The molecule has 20 heavy (non-hydrogen) atoms. The number of hydrogen-bond acceptors (Lipinski definition) is 5. The summed E-state index contributed by atoms with van der Waals surface area (Å²) in [5, 5.41) is 23.6. The molecule has 0 aliphatic carbocycles. The molecule has 3 N–H and O–H groups in total. The highest BCUT2D eigenvalue weighted by molar-refractivity contribution is 5.41. The Bertz CT molecular complexity index is 443. The van der Waals surface area contributed by atoms with Crippen molar-refractivity contribution in [3.8, 4) is 11.5 Å². The highest BCUT2D eigenvalue weighted by Crippen LogP contribution is 2.29. The third-order valence-electron chi connectivity index (χ3n) is 3.86. The maximum absolute atomic E-state index is 10.4. The number of ether oxygens (including phenoxy) is 2. The van der Waals surface area contributed by atoms with Crippen molar-refractivity contribution in [2.24, 2.45) is 0 Å². The molecule has 1 atom stereocenters. The fourth-order valence-corrected chi connectivity index (χ4v) is 2.39. The standard InChI is InChI=1S/C15H23NO4/c1-11(13-9-12(19-2)3-4-14(13)17)16-10-15(18)5-7-20-8-6-15/h3-4,9,11,16-18H,5-8,10H2,1-2H3. The molecule has 1 heterocycles. The predicted octanol–water partition coefficient (Wildman–Crippen LogP) is 1.59.